The molecule has 2 aromatic carbocycles. The topological polar surface area (TPSA) is 76.7 Å². The van der Waals surface area contributed by atoms with Gasteiger partial charge in [-0.3, -0.25) is 9.59 Å². The Balaban J connectivity index is 1.82. The summed E-state index contributed by atoms with van der Waals surface area (Å²) in [7, 11) is 0. The number of ether oxygens (including phenoxy) is 2. The number of carbonyl (C=O) groups excluding carboxylic acids is 2. The summed E-state index contributed by atoms with van der Waals surface area (Å²) in [5, 5.41) is 6.69. The van der Waals surface area contributed by atoms with E-state index in [9.17, 15) is 9.59 Å². The van der Waals surface area contributed by atoms with E-state index in [4.69, 9.17) is 9.47 Å². The van der Waals surface area contributed by atoms with Crippen molar-refractivity contribution in [3.05, 3.63) is 58.7 Å². The minimum absolute atomic E-state index is 0.122. The molecule has 0 heterocycles. The first kappa shape index (κ1) is 24.0. The van der Waals surface area contributed by atoms with Gasteiger partial charge in [0.15, 0.2) is 11.6 Å². The molecule has 0 amide bonds. The number of fused-ring (bicyclic) bond motifs is 2. The molecule has 0 atom stereocenters. The summed E-state index contributed by atoms with van der Waals surface area (Å²) >= 11 is 0. The third-order valence-corrected chi connectivity index (χ3v) is 5.25. The lowest BCUT2D eigenvalue weighted by atomic mass is 9.82. The van der Waals surface area contributed by atoms with E-state index in [1.54, 1.807) is 24.3 Å². The van der Waals surface area contributed by atoms with E-state index in [0.29, 0.717) is 59.9 Å². The second kappa shape index (κ2) is 11.2. The van der Waals surface area contributed by atoms with Crippen molar-refractivity contribution in [1.29, 1.82) is 0 Å². The van der Waals surface area contributed by atoms with Crippen molar-refractivity contribution in [3.8, 4) is 0 Å². The van der Waals surface area contributed by atoms with Crippen LogP contribution in [-0.4, -0.2) is 50.1 Å². The van der Waals surface area contributed by atoms with Crippen LogP contribution < -0.4 is 10.6 Å². The number of hydrogen-bond acceptors (Lipinski definition) is 6. The van der Waals surface area contributed by atoms with Crippen LogP contribution in [0.4, 0.5) is 11.4 Å². The molecule has 1 aliphatic carbocycles. The largest absolute Gasteiger partial charge is 0.384 e. The van der Waals surface area contributed by atoms with Gasteiger partial charge in [-0.05, 0) is 52.7 Å². The van der Waals surface area contributed by atoms with Crippen LogP contribution in [0.15, 0.2) is 36.4 Å². The standard InChI is InChI=1S/C26H34N2O4/c1-17(2)31-15-7-13-27-21-11-12-22(28-14-8-16-32-18(3)4)24-23(21)25(29)19-9-5-6-10-20(19)26(24)30/h5-6,9-12,17-18,27-28H,7-8,13-16H2,1-4H3. The second-order valence-electron chi connectivity index (χ2n) is 8.51. The van der Waals surface area contributed by atoms with E-state index in [1.807, 2.05) is 39.8 Å². The zero-order chi connectivity index (χ0) is 23.1. The minimum Gasteiger partial charge on any atom is -0.384 e. The molecule has 0 radical (unpaired) electrons. The molecule has 2 aromatic rings. The molecule has 0 unspecified atom stereocenters. The molecule has 2 N–H and O–H groups in total. The predicted molar refractivity (Wildman–Crippen MR) is 128 cm³/mol. The summed E-state index contributed by atoms with van der Waals surface area (Å²) in [4.78, 5) is 26.8. The van der Waals surface area contributed by atoms with Crippen LogP contribution in [0.25, 0.3) is 0 Å². The Morgan fingerprint density at radius 3 is 1.47 bits per heavy atom. The Morgan fingerprint density at radius 1 is 0.688 bits per heavy atom. The van der Waals surface area contributed by atoms with Gasteiger partial charge in [-0.15, -0.1) is 0 Å². The van der Waals surface area contributed by atoms with Gasteiger partial charge >= 0.3 is 0 Å². The zero-order valence-electron chi connectivity index (χ0n) is 19.5. The van der Waals surface area contributed by atoms with Gasteiger partial charge in [0.25, 0.3) is 0 Å². The Kier molecular flexibility index (Phi) is 8.42. The van der Waals surface area contributed by atoms with Crippen LogP contribution in [-0.2, 0) is 9.47 Å². The lowest BCUT2D eigenvalue weighted by Crippen LogP contribution is -2.25. The molecule has 0 aromatic heterocycles. The molecule has 1 aliphatic rings. The van der Waals surface area contributed by atoms with E-state index in [2.05, 4.69) is 10.6 Å². The van der Waals surface area contributed by atoms with Gasteiger partial charge in [0.2, 0.25) is 0 Å². The Morgan fingerprint density at radius 2 is 1.09 bits per heavy atom. The van der Waals surface area contributed by atoms with E-state index in [1.165, 1.54) is 0 Å². The molecule has 0 bridgehead atoms. The fourth-order valence-electron chi connectivity index (χ4n) is 3.75. The number of ketones is 2. The molecule has 0 aliphatic heterocycles. The monoisotopic (exact) mass is 438 g/mol. The van der Waals surface area contributed by atoms with Gasteiger partial charge in [-0.1, -0.05) is 24.3 Å². The maximum atomic E-state index is 13.4. The number of rotatable bonds is 12. The van der Waals surface area contributed by atoms with Crippen molar-refractivity contribution in [1.82, 2.24) is 0 Å². The molecule has 0 saturated heterocycles. The van der Waals surface area contributed by atoms with Crippen molar-refractivity contribution < 1.29 is 19.1 Å². The fraction of sp³-hybridized carbons (Fsp3) is 0.462. The predicted octanol–water partition coefficient (Wildman–Crippen LogP) is 4.92. The molecule has 6 nitrogen and oxygen atoms in total. The highest BCUT2D eigenvalue weighted by Gasteiger charge is 2.33. The molecule has 3 rings (SSSR count). The minimum atomic E-state index is -0.122. The summed E-state index contributed by atoms with van der Waals surface area (Å²) in [5.74, 6) is -0.245. The maximum absolute atomic E-state index is 13.4. The van der Waals surface area contributed by atoms with Crippen LogP contribution in [0.2, 0.25) is 0 Å². The average Bonchev–Trinajstić information content (AvgIpc) is 2.76. The molecule has 0 spiro atoms. The fourth-order valence-corrected chi connectivity index (χ4v) is 3.75. The van der Waals surface area contributed by atoms with Crippen LogP contribution in [0.5, 0.6) is 0 Å². The van der Waals surface area contributed by atoms with Gasteiger partial charge in [0.05, 0.1) is 23.3 Å². The summed E-state index contributed by atoms with van der Waals surface area (Å²) < 4.78 is 11.2. The molecule has 172 valence electrons. The highest BCUT2D eigenvalue weighted by molar-refractivity contribution is 6.31. The van der Waals surface area contributed by atoms with Gasteiger partial charge in [-0.2, -0.15) is 0 Å². The Bertz CT molecular complexity index is 877. The first-order valence-corrected chi connectivity index (χ1v) is 11.5. The van der Waals surface area contributed by atoms with Crippen molar-refractivity contribution in [2.45, 2.75) is 52.7 Å². The van der Waals surface area contributed by atoms with Crippen LogP contribution in [0.3, 0.4) is 0 Å². The Labute approximate surface area is 190 Å². The van der Waals surface area contributed by atoms with Crippen molar-refractivity contribution >= 4 is 22.9 Å². The number of carbonyl (C=O) groups is 2. The van der Waals surface area contributed by atoms with Gasteiger partial charge in [0, 0.05) is 48.8 Å². The summed E-state index contributed by atoms with van der Waals surface area (Å²) in [6, 6.07) is 10.8. The smallest absolute Gasteiger partial charge is 0.196 e. The third kappa shape index (κ3) is 5.75. The SMILES string of the molecule is CC(C)OCCCNc1ccc(NCCCOC(C)C)c2c1C(=O)c1ccccc1C2=O. The number of nitrogens with one attached hydrogen (secondary N) is 2. The quantitative estimate of drug-likeness (QED) is 0.391. The van der Waals surface area contributed by atoms with Crippen molar-refractivity contribution in [2.75, 3.05) is 36.9 Å². The molecule has 6 heteroatoms. The maximum Gasteiger partial charge on any atom is 0.196 e. The Hall–Kier alpha value is -2.70. The van der Waals surface area contributed by atoms with Gasteiger partial charge in [-0.25, -0.2) is 0 Å². The molecular formula is C26H34N2O4. The van der Waals surface area contributed by atoms with E-state index in [0.717, 1.165) is 12.8 Å². The van der Waals surface area contributed by atoms with Crippen LogP contribution >= 0.6 is 0 Å². The normalized spacial score (nSPS) is 12.8. The van der Waals surface area contributed by atoms with E-state index < -0.39 is 0 Å². The highest BCUT2D eigenvalue weighted by atomic mass is 16.5. The van der Waals surface area contributed by atoms with Crippen molar-refractivity contribution in [3.63, 3.8) is 0 Å². The molecule has 0 fully saturated rings. The molecule has 0 saturated carbocycles. The van der Waals surface area contributed by atoms with Gasteiger partial charge in [0.1, 0.15) is 0 Å². The van der Waals surface area contributed by atoms with Crippen LogP contribution in [0, 0.1) is 0 Å². The number of benzene rings is 2. The first-order valence-electron chi connectivity index (χ1n) is 11.5. The number of anilines is 2. The number of hydrogen-bond donors (Lipinski definition) is 2. The second-order valence-corrected chi connectivity index (χ2v) is 8.51. The molecule has 32 heavy (non-hydrogen) atoms. The van der Waals surface area contributed by atoms with E-state index >= 15 is 0 Å². The van der Waals surface area contributed by atoms with E-state index in [-0.39, 0.29) is 23.8 Å². The molecular weight excluding hydrogens is 404 g/mol. The first-order chi connectivity index (χ1) is 15.4. The highest BCUT2D eigenvalue weighted by Crippen LogP contribution is 2.36. The zero-order valence-corrected chi connectivity index (χ0v) is 19.5. The summed E-state index contributed by atoms with van der Waals surface area (Å²) in [5.41, 5.74) is 3.18. The summed E-state index contributed by atoms with van der Waals surface area (Å²) in [6.45, 7) is 10.6. The van der Waals surface area contributed by atoms with Crippen molar-refractivity contribution in [2.24, 2.45) is 0 Å². The third-order valence-electron chi connectivity index (χ3n) is 5.25. The lowest BCUT2D eigenvalue weighted by Gasteiger charge is -2.24. The lowest BCUT2D eigenvalue weighted by molar-refractivity contribution is 0.0785. The van der Waals surface area contributed by atoms with Crippen LogP contribution in [0.1, 0.15) is 72.4 Å². The van der Waals surface area contributed by atoms with Gasteiger partial charge < -0.3 is 20.1 Å². The average molecular weight is 439 g/mol. The summed E-state index contributed by atoms with van der Waals surface area (Å²) in [6.07, 6.45) is 1.99.